The Labute approximate surface area is 252 Å². The number of sulfonamides is 1. The molecule has 4 rings (SSSR count). The molecule has 7 nitrogen and oxygen atoms in total. The van der Waals surface area contributed by atoms with Gasteiger partial charge in [-0.1, -0.05) is 77.7 Å². The van der Waals surface area contributed by atoms with E-state index in [1.165, 1.54) is 0 Å². The Morgan fingerprint density at radius 2 is 1.59 bits per heavy atom. The van der Waals surface area contributed by atoms with E-state index in [9.17, 15) is 18.0 Å². The summed E-state index contributed by atoms with van der Waals surface area (Å²) in [6, 6.07) is 20.5. The van der Waals surface area contributed by atoms with Gasteiger partial charge in [0.1, 0.15) is 12.6 Å². The number of hydrogen-bond acceptors (Lipinski definition) is 4. The van der Waals surface area contributed by atoms with Gasteiger partial charge in [0.05, 0.1) is 10.6 Å². The maximum atomic E-state index is 14.2. The number of carbonyl (C=O) groups excluding carboxylic acids is 2. The Morgan fingerprint density at radius 1 is 0.951 bits per heavy atom. The van der Waals surface area contributed by atoms with Gasteiger partial charge < -0.3 is 10.2 Å². The van der Waals surface area contributed by atoms with Crippen molar-refractivity contribution >= 4 is 43.5 Å². The number of hydrogen-bond donors (Lipinski definition) is 1. The smallest absolute Gasteiger partial charge is 0.264 e. The summed E-state index contributed by atoms with van der Waals surface area (Å²) in [5, 5.41) is 3.15. The maximum absolute atomic E-state index is 14.2. The lowest BCUT2D eigenvalue weighted by Crippen LogP contribution is -2.53. The summed E-state index contributed by atoms with van der Waals surface area (Å²) in [6.07, 6.45) is 4.42. The third-order valence-electron chi connectivity index (χ3n) is 7.69. The molecule has 9 heteroatoms. The summed E-state index contributed by atoms with van der Waals surface area (Å²) in [5.41, 5.74) is 3.19. The second-order valence-electron chi connectivity index (χ2n) is 10.7. The third-order valence-corrected chi connectivity index (χ3v) is 10.0. The minimum Gasteiger partial charge on any atom is -0.352 e. The van der Waals surface area contributed by atoms with Crippen LogP contribution in [0.1, 0.15) is 55.7 Å². The molecule has 1 saturated carbocycles. The molecule has 218 valence electrons. The van der Waals surface area contributed by atoms with Gasteiger partial charge in [0.2, 0.25) is 11.8 Å². The topological polar surface area (TPSA) is 86.8 Å². The molecule has 2 amide bonds. The summed E-state index contributed by atoms with van der Waals surface area (Å²) < 4.78 is 29.9. The first-order valence-electron chi connectivity index (χ1n) is 14.1. The van der Waals surface area contributed by atoms with Crippen molar-refractivity contribution in [3.8, 4) is 0 Å². The highest BCUT2D eigenvalue weighted by molar-refractivity contribution is 9.10. The quantitative estimate of drug-likeness (QED) is 0.274. The molecular weight excluding hydrogens is 602 g/mol. The summed E-state index contributed by atoms with van der Waals surface area (Å²) in [7, 11) is -4.09. The third kappa shape index (κ3) is 7.57. The van der Waals surface area contributed by atoms with Gasteiger partial charge in [-0.25, -0.2) is 8.42 Å². The number of nitrogens with one attached hydrogen (secondary N) is 1. The summed E-state index contributed by atoms with van der Waals surface area (Å²) >= 11 is 3.41. The number of aryl methyl sites for hydroxylation is 2. The van der Waals surface area contributed by atoms with Gasteiger partial charge in [0, 0.05) is 17.1 Å². The van der Waals surface area contributed by atoms with Gasteiger partial charge in [-0.3, -0.25) is 13.9 Å². The van der Waals surface area contributed by atoms with Gasteiger partial charge in [-0.05, 0) is 80.6 Å². The Bertz CT molecular complexity index is 1450. The molecule has 0 spiro atoms. The van der Waals surface area contributed by atoms with E-state index in [-0.39, 0.29) is 23.4 Å². The molecule has 0 heterocycles. The van der Waals surface area contributed by atoms with E-state index >= 15 is 0 Å². The molecule has 0 saturated heterocycles. The van der Waals surface area contributed by atoms with E-state index in [1.807, 2.05) is 45.0 Å². The van der Waals surface area contributed by atoms with Crippen LogP contribution in [0.5, 0.6) is 0 Å². The molecule has 0 aromatic heterocycles. The van der Waals surface area contributed by atoms with E-state index in [4.69, 9.17) is 0 Å². The fourth-order valence-corrected chi connectivity index (χ4v) is 6.91. The van der Waals surface area contributed by atoms with Gasteiger partial charge in [0.15, 0.2) is 0 Å². The lowest BCUT2D eigenvalue weighted by molar-refractivity contribution is -0.140. The van der Waals surface area contributed by atoms with Crippen LogP contribution in [0.15, 0.2) is 82.2 Å². The zero-order valence-corrected chi connectivity index (χ0v) is 26.2. The van der Waals surface area contributed by atoms with Crippen molar-refractivity contribution in [1.82, 2.24) is 10.2 Å². The van der Waals surface area contributed by atoms with Crippen LogP contribution < -0.4 is 9.62 Å². The molecule has 1 fully saturated rings. The number of benzene rings is 3. The average molecular weight is 641 g/mol. The van der Waals surface area contributed by atoms with E-state index < -0.39 is 28.5 Å². The number of amides is 2. The van der Waals surface area contributed by atoms with Crippen LogP contribution in [-0.2, 0) is 26.2 Å². The number of anilines is 1. The van der Waals surface area contributed by atoms with Crippen molar-refractivity contribution < 1.29 is 18.0 Å². The molecule has 1 atom stereocenters. The normalized spacial score (nSPS) is 14.4. The molecule has 1 aliphatic rings. The van der Waals surface area contributed by atoms with Gasteiger partial charge >= 0.3 is 0 Å². The highest BCUT2D eigenvalue weighted by atomic mass is 79.9. The van der Waals surface area contributed by atoms with Crippen molar-refractivity contribution in [1.29, 1.82) is 0 Å². The Morgan fingerprint density at radius 3 is 2.20 bits per heavy atom. The van der Waals surface area contributed by atoms with Crippen LogP contribution in [0.3, 0.4) is 0 Å². The van der Waals surface area contributed by atoms with Gasteiger partial charge in [-0.2, -0.15) is 0 Å². The molecule has 3 aromatic rings. The first-order valence-corrected chi connectivity index (χ1v) is 16.3. The fraction of sp³-hybridized carbons (Fsp3) is 0.375. The van der Waals surface area contributed by atoms with Crippen LogP contribution in [0.2, 0.25) is 0 Å². The van der Waals surface area contributed by atoms with E-state index in [0.717, 1.165) is 51.2 Å². The van der Waals surface area contributed by atoms with Crippen LogP contribution in [0, 0.1) is 13.8 Å². The van der Waals surface area contributed by atoms with Gasteiger partial charge in [0.25, 0.3) is 10.0 Å². The number of halogens is 1. The summed E-state index contributed by atoms with van der Waals surface area (Å²) in [5.74, 6) is -0.641. The molecule has 0 radical (unpaired) electrons. The maximum Gasteiger partial charge on any atom is 0.264 e. The van der Waals surface area contributed by atoms with Crippen molar-refractivity contribution in [3.05, 3.63) is 94.0 Å². The molecule has 1 N–H and O–H groups in total. The monoisotopic (exact) mass is 639 g/mol. The lowest BCUT2D eigenvalue weighted by Gasteiger charge is -2.34. The highest BCUT2D eigenvalue weighted by Gasteiger charge is 2.34. The predicted molar refractivity (Wildman–Crippen MR) is 166 cm³/mol. The highest BCUT2D eigenvalue weighted by Crippen LogP contribution is 2.27. The summed E-state index contributed by atoms with van der Waals surface area (Å²) in [4.78, 5) is 29.4. The lowest BCUT2D eigenvalue weighted by atomic mass is 10.1. The fourth-order valence-electron chi connectivity index (χ4n) is 5.23. The second kappa shape index (κ2) is 13.7. The molecule has 0 aliphatic heterocycles. The van der Waals surface area contributed by atoms with Crippen molar-refractivity contribution in [3.63, 3.8) is 0 Å². The molecule has 1 aliphatic carbocycles. The number of rotatable bonds is 11. The Balaban J connectivity index is 1.72. The zero-order valence-electron chi connectivity index (χ0n) is 23.8. The molecule has 0 bridgehead atoms. The van der Waals surface area contributed by atoms with Crippen LogP contribution in [-0.4, -0.2) is 43.8 Å². The number of carbonyl (C=O) groups is 2. The number of nitrogens with zero attached hydrogens (tertiary/aromatic N) is 2. The predicted octanol–water partition coefficient (Wildman–Crippen LogP) is 6.13. The van der Waals surface area contributed by atoms with Crippen LogP contribution in [0.25, 0.3) is 0 Å². The Hall–Kier alpha value is -3.17. The molecule has 3 aromatic carbocycles. The van der Waals surface area contributed by atoms with Crippen LogP contribution >= 0.6 is 15.9 Å². The Kier molecular flexibility index (Phi) is 10.3. The van der Waals surface area contributed by atoms with Crippen molar-refractivity contribution in [2.45, 2.75) is 76.4 Å². The zero-order chi connectivity index (χ0) is 29.6. The van der Waals surface area contributed by atoms with Crippen molar-refractivity contribution in [2.24, 2.45) is 0 Å². The SMILES string of the molecule is CC[C@@H](C(=O)NC1CCCC1)N(Cc1ccccc1C)C(=O)CN(c1ccc(Br)cc1)S(=O)(=O)c1ccc(C)cc1. The van der Waals surface area contributed by atoms with E-state index in [0.29, 0.717) is 12.1 Å². The van der Waals surface area contributed by atoms with Crippen LogP contribution in [0.4, 0.5) is 5.69 Å². The summed E-state index contributed by atoms with van der Waals surface area (Å²) in [6.45, 7) is 5.48. The van der Waals surface area contributed by atoms with Gasteiger partial charge in [-0.15, -0.1) is 0 Å². The average Bonchev–Trinajstić information content (AvgIpc) is 3.46. The van der Waals surface area contributed by atoms with E-state index in [2.05, 4.69) is 21.2 Å². The molecule has 0 unspecified atom stereocenters. The molecule has 41 heavy (non-hydrogen) atoms. The first-order chi connectivity index (χ1) is 19.6. The largest absolute Gasteiger partial charge is 0.352 e. The second-order valence-corrected chi connectivity index (χ2v) is 13.4. The first kappa shape index (κ1) is 30.8. The minimum absolute atomic E-state index is 0.0929. The van der Waals surface area contributed by atoms with Crippen molar-refractivity contribution in [2.75, 3.05) is 10.8 Å². The standard InChI is InChI=1S/C32H38BrN3O4S/c1-4-30(32(38)34-27-11-7-8-12-27)35(21-25-10-6-5-9-24(25)3)31(37)22-36(28-17-15-26(33)16-18-28)41(39,40)29-19-13-23(2)14-20-29/h5-6,9-10,13-20,27,30H,4,7-8,11-12,21-22H2,1-3H3,(H,34,38)/t30-/m0/s1. The minimum atomic E-state index is -4.09. The molecular formula is C32H38BrN3O4S. The van der Waals surface area contributed by atoms with E-state index in [1.54, 1.807) is 53.4 Å².